The van der Waals surface area contributed by atoms with Crippen LogP contribution in [-0.4, -0.2) is 31.7 Å². The molecule has 0 unspecified atom stereocenters. The Balaban J connectivity index is 1.55. The summed E-state index contributed by atoms with van der Waals surface area (Å²) in [6, 6.07) is 13.0. The van der Waals surface area contributed by atoms with Crippen molar-refractivity contribution in [1.29, 1.82) is 0 Å². The molecule has 0 spiro atoms. The van der Waals surface area contributed by atoms with Gasteiger partial charge in [-0.2, -0.15) is 0 Å². The fourth-order valence-corrected chi connectivity index (χ4v) is 5.69. The predicted molar refractivity (Wildman–Crippen MR) is 121 cm³/mol. The molecule has 1 aliphatic heterocycles. The third-order valence-corrected chi connectivity index (χ3v) is 7.83. The Morgan fingerprint density at radius 3 is 2.37 bits per heavy atom. The maximum Gasteiger partial charge on any atom is 0.223 e. The smallest absolute Gasteiger partial charge is 0.223 e. The van der Waals surface area contributed by atoms with Crippen molar-refractivity contribution >= 4 is 27.5 Å². The molecular weight excluding hydrogens is 420 g/mol. The maximum absolute atomic E-state index is 12.7. The molecule has 2 aromatic rings. The molecule has 1 fully saturated rings. The predicted octanol–water partition coefficient (Wildman–Crippen LogP) is 4.38. The molecule has 0 bridgehead atoms. The Morgan fingerprint density at radius 1 is 1.13 bits per heavy atom. The highest BCUT2D eigenvalue weighted by atomic mass is 35.5. The summed E-state index contributed by atoms with van der Waals surface area (Å²) in [5, 5.41) is 3.69. The normalized spacial score (nSPS) is 16.9. The van der Waals surface area contributed by atoms with Gasteiger partial charge < -0.3 is 5.32 Å². The Labute approximate surface area is 184 Å². The Bertz CT molecular complexity index is 998. The highest BCUT2D eigenvalue weighted by Gasteiger charge is 2.31. The van der Waals surface area contributed by atoms with Gasteiger partial charge in [-0.25, -0.2) is 12.7 Å². The molecule has 1 atom stereocenters. The Kier molecular flexibility index (Phi) is 7.22. The van der Waals surface area contributed by atoms with Crippen molar-refractivity contribution in [2.24, 2.45) is 5.92 Å². The number of piperidine rings is 1. The van der Waals surface area contributed by atoms with Crippen LogP contribution in [0.3, 0.4) is 0 Å². The van der Waals surface area contributed by atoms with Crippen molar-refractivity contribution in [3.05, 3.63) is 69.7 Å². The van der Waals surface area contributed by atoms with E-state index in [0.29, 0.717) is 36.5 Å². The number of hydrogen-bond acceptors (Lipinski definition) is 3. The van der Waals surface area contributed by atoms with E-state index in [2.05, 4.69) is 37.4 Å². The zero-order valence-electron chi connectivity index (χ0n) is 17.7. The number of halogens is 1. The van der Waals surface area contributed by atoms with Crippen LogP contribution in [-0.2, 0) is 20.6 Å². The van der Waals surface area contributed by atoms with Crippen molar-refractivity contribution in [3.8, 4) is 0 Å². The summed E-state index contributed by atoms with van der Waals surface area (Å²) >= 11 is 5.87. The molecule has 162 valence electrons. The molecule has 5 nitrogen and oxygen atoms in total. The first-order valence-corrected chi connectivity index (χ1v) is 12.2. The Hall–Kier alpha value is -1.89. The lowest BCUT2D eigenvalue weighted by Gasteiger charge is -2.31. The molecule has 2 aromatic carbocycles. The van der Waals surface area contributed by atoms with Crippen LogP contribution < -0.4 is 5.32 Å². The first-order valence-electron chi connectivity index (χ1n) is 10.3. The quantitative estimate of drug-likeness (QED) is 0.713. The maximum atomic E-state index is 12.7. The number of carbonyl (C=O) groups excluding carboxylic acids is 1. The van der Waals surface area contributed by atoms with Gasteiger partial charge in [0.1, 0.15) is 0 Å². The van der Waals surface area contributed by atoms with E-state index in [1.165, 1.54) is 9.87 Å². The largest absolute Gasteiger partial charge is 0.349 e. The Morgan fingerprint density at radius 2 is 1.77 bits per heavy atom. The van der Waals surface area contributed by atoms with E-state index in [9.17, 15) is 13.2 Å². The summed E-state index contributed by atoms with van der Waals surface area (Å²) in [6.07, 6.45) is 1.07. The van der Waals surface area contributed by atoms with Gasteiger partial charge in [-0.05, 0) is 62.4 Å². The van der Waals surface area contributed by atoms with Crippen molar-refractivity contribution in [2.75, 3.05) is 13.1 Å². The number of nitrogens with one attached hydrogen (secondary N) is 1. The van der Waals surface area contributed by atoms with E-state index in [4.69, 9.17) is 11.6 Å². The zero-order chi connectivity index (χ0) is 21.9. The summed E-state index contributed by atoms with van der Waals surface area (Å²) in [5.74, 6) is -0.220. The fraction of sp³-hybridized carbons (Fsp3) is 0.435. The lowest BCUT2D eigenvalue weighted by molar-refractivity contribution is -0.126. The van der Waals surface area contributed by atoms with Gasteiger partial charge in [0, 0.05) is 24.0 Å². The van der Waals surface area contributed by atoms with Crippen LogP contribution in [0.4, 0.5) is 0 Å². The minimum absolute atomic E-state index is 0.00257. The monoisotopic (exact) mass is 448 g/mol. The summed E-state index contributed by atoms with van der Waals surface area (Å²) in [4.78, 5) is 12.7. The molecule has 0 radical (unpaired) electrons. The molecular formula is C23H29ClN2O3S. The number of nitrogens with zero attached hydrogens (tertiary/aromatic N) is 1. The average molecular weight is 449 g/mol. The summed E-state index contributed by atoms with van der Waals surface area (Å²) < 4.78 is 27.0. The molecule has 1 aliphatic rings. The summed E-state index contributed by atoms with van der Waals surface area (Å²) in [6.45, 7) is 6.82. The second-order valence-electron chi connectivity index (χ2n) is 8.15. The first-order chi connectivity index (χ1) is 14.2. The minimum atomic E-state index is -3.42. The van der Waals surface area contributed by atoms with Gasteiger partial charge in [-0.15, -0.1) is 0 Å². The number of hydrogen-bond donors (Lipinski definition) is 1. The van der Waals surface area contributed by atoms with Crippen molar-refractivity contribution < 1.29 is 13.2 Å². The van der Waals surface area contributed by atoms with Crippen LogP contribution in [0.25, 0.3) is 0 Å². The first kappa shape index (κ1) is 22.8. The van der Waals surface area contributed by atoms with Crippen LogP contribution in [0.1, 0.15) is 48.1 Å². The molecule has 1 amide bonds. The highest BCUT2D eigenvalue weighted by molar-refractivity contribution is 7.88. The number of rotatable bonds is 6. The van der Waals surface area contributed by atoms with Gasteiger partial charge in [-0.3, -0.25) is 4.79 Å². The van der Waals surface area contributed by atoms with E-state index >= 15 is 0 Å². The number of benzene rings is 2. The van der Waals surface area contributed by atoms with Gasteiger partial charge in [0.15, 0.2) is 0 Å². The topological polar surface area (TPSA) is 66.5 Å². The molecule has 1 N–H and O–H groups in total. The SMILES string of the molecule is Cc1ccc([C@@H](C)NC(=O)C2CCN(S(=O)(=O)Cc3ccc(Cl)cc3)CC2)c(C)c1. The van der Waals surface area contributed by atoms with Crippen molar-refractivity contribution in [1.82, 2.24) is 9.62 Å². The number of carbonyl (C=O) groups is 1. The molecule has 1 heterocycles. The van der Waals surface area contributed by atoms with Crippen LogP contribution >= 0.6 is 11.6 Å². The van der Waals surface area contributed by atoms with Gasteiger partial charge in [0.05, 0.1) is 11.8 Å². The van der Waals surface area contributed by atoms with Gasteiger partial charge >= 0.3 is 0 Å². The minimum Gasteiger partial charge on any atom is -0.349 e. The third kappa shape index (κ3) is 5.62. The van der Waals surface area contributed by atoms with Crippen LogP contribution in [0, 0.1) is 19.8 Å². The molecule has 0 aliphatic carbocycles. The lowest BCUT2D eigenvalue weighted by atomic mass is 9.95. The molecule has 7 heteroatoms. The second-order valence-corrected chi connectivity index (χ2v) is 10.6. The van der Waals surface area contributed by atoms with Crippen LogP contribution in [0.5, 0.6) is 0 Å². The molecule has 3 rings (SSSR count). The zero-order valence-corrected chi connectivity index (χ0v) is 19.3. The number of aryl methyl sites for hydroxylation is 2. The van der Waals surface area contributed by atoms with Crippen LogP contribution in [0.15, 0.2) is 42.5 Å². The summed E-state index contributed by atoms with van der Waals surface area (Å²) in [5.41, 5.74) is 4.17. The molecule has 1 saturated heterocycles. The van der Waals surface area contributed by atoms with Gasteiger partial charge in [0.25, 0.3) is 0 Å². The van der Waals surface area contributed by atoms with Crippen LogP contribution in [0.2, 0.25) is 5.02 Å². The number of amides is 1. The van der Waals surface area contributed by atoms with E-state index in [1.807, 2.05) is 6.92 Å². The van der Waals surface area contributed by atoms with Gasteiger partial charge in [0.2, 0.25) is 15.9 Å². The second kappa shape index (κ2) is 9.50. The molecule has 30 heavy (non-hydrogen) atoms. The van der Waals surface area contributed by atoms with E-state index < -0.39 is 10.0 Å². The highest BCUT2D eigenvalue weighted by Crippen LogP contribution is 2.24. The van der Waals surface area contributed by atoms with E-state index in [0.717, 1.165) is 11.1 Å². The third-order valence-electron chi connectivity index (χ3n) is 5.73. The van der Waals surface area contributed by atoms with Crippen molar-refractivity contribution in [3.63, 3.8) is 0 Å². The fourth-order valence-electron chi connectivity index (χ4n) is 4.00. The van der Waals surface area contributed by atoms with E-state index in [-0.39, 0.29) is 23.6 Å². The van der Waals surface area contributed by atoms with Crippen molar-refractivity contribution in [2.45, 2.75) is 45.4 Å². The average Bonchev–Trinajstić information content (AvgIpc) is 2.69. The molecule has 0 saturated carbocycles. The standard InChI is InChI=1S/C23H29ClN2O3S/c1-16-4-9-22(17(2)14-16)18(3)25-23(27)20-10-12-26(13-11-20)30(28,29)15-19-5-7-21(24)8-6-19/h4-9,14,18,20H,10-13,15H2,1-3H3,(H,25,27)/t18-/m1/s1. The van der Waals surface area contributed by atoms with E-state index in [1.54, 1.807) is 24.3 Å². The summed E-state index contributed by atoms with van der Waals surface area (Å²) in [7, 11) is -3.42. The number of sulfonamides is 1. The molecule has 0 aromatic heterocycles. The van der Waals surface area contributed by atoms with Gasteiger partial charge in [-0.1, -0.05) is 47.5 Å². The lowest BCUT2D eigenvalue weighted by Crippen LogP contribution is -2.43.